The number of benzene rings is 1. The molecule has 0 fully saturated rings. The van der Waals surface area contributed by atoms with Gasteiger partial charge in [-0.3, -0.25) is 9.78 Å². The van der Waals surface area contributed by atoms with E-state index in [0.29, 0.717) is 35.8 Å². The summed E-state index contributed by atoms with van der Waals surface area (Å²) in [5.41, 5.74) is 2.12. The second-order valence-corrected chi connectivity index (χ2v) is 4.73. The van der Waals surface area contributed by atoms with Crippen LogP contribution < -0.4 is 9.47 Å². The molecule has 0 saturated carbocycles. The first-order chi connectivity index (χ1) is 9.75. The molecule has 1 aliphatic heterocycles. The summed E-state index contributed by atoms with van der Waals surface area (Å²) in [7, 11) is 0. The molecule has 2 heterocycles. The van der Waals surface area contributed by atoms with Crippen LogP contribution in [0.2, 0.25) is 0 Å². The number of ketones is 1. The summed E-state index contributed by atoms with van der Waals surface area (Å²) in [6, 6.07) is 7.13. The highest BCUT2D eigenvalue weighted by molar-refractivity contribution is 6.10. The Morgan fingerprint density at radius 3 is 2.75 bits per heavy atom. The van der Waals surface area contributed by atoms with Crippen molar-refractivity contribution in [3.8, 4) is 11.5 Å². The average molecular weight is 269 g/mol. The number of aryl methyl sites for hydroxylation is 1. The zero-order valence-corrected chi connectivity index (χ0v) is 11.3. The number of hydrogen-bond acceptors (Lipinski definition) is 4. The molecule has 0 radical (unpaired) electrons. The molecule has 0 spiro atoms. The van der Waals surface area contributed by atoms with E-state index in [1.54, 1.807) is 30.6 Å². The van der Waals surface area contributed by atoms with Gasteiger partial charge < -0.3 is 9.47 Å². The summed E-state index contributed by atoms with van der Waals surface area (Å²) in [4.78, 5) is 16.5. The fraction of sp³-hybridized carbons (Fsp3) is 0.250. The highest BCUT2D eigenvalue weighted by Crippen LogP contribution is 2.31. The topological polar surface area (TPSA) is 48.4 Å². The highest BCUT2D eigenvalue weighted by atomic mass is 16.5. The van der Waals surface area contributed by atoms with Crippen molar-refractivity contribution in [1.82, 2.24) is 4.98 Å². The van der Waals surface area contributed by atoms with E-state index >= 15 is 0 Å². The third-order valence-corrected chi connectivity index (χ3v) is 3.29. The Bertz CT molecular complexity index is 652. The van der Waals surface area contributed by atoms with Gasteiger partial charge in [0.25, 0.3) is 0 Å². The first-order valence-electron chi connectivity index (χ1n) is 6.60. The molecular formula is C16H15NO3. The number of carbonyl (C=O) groups is 1. The molecule has 2 aromatic rings. The van der Waals surface area contributed by atoms with E-state index in [1.807, 2.05) is 13.0 Å². The minimum absolute atomic E-state index is 0.0498. The van der Waals surface area contributed by atoms with E-state index in [9.17, 15) is 4.79 Å². The molecule has 0 N–H and O–H groups in total. The van der Waals surface area contributed by atoms with E-state index < -0.39 is 0 Å². The van der Waals surface area contributed by atoms with Gasteiger partial charge in [0.1, 0.15) is 0 Å². The minimum Gasteiger partial charge on any atom is -0.490 e. The first kappa shape index (κ1) is 12.7. The molecule has 4 nitrogen and oxygen atoms in total. The molecule has 0 aliphatic carbocycles. The number of aromatic nitrogens is 1. The van der Waals surface area contributed by atoms with Gasteiger partial charge >= 0.3 is 0 Å². The Hall–Kier alpha value is -2.36. The second kappa shape index (κ2) is 5.33. The van der Waals surface area contributed by atoms with Crippen LogP contribution in [0.5, 0.6) is 11.5 Å². The van der Waals surface area contributed by atoms with Crippen LogP contribution in [0.15, 0.2) is 36.7 Å². The van der Waals surface area contributed by atoms with Gasteiger partial charge in [0, 0.05) is 29.9 Å². The quantitative estimate of drug-likeness (QED) is 0.787. The molecule has 0 unspecified atom stereocenters. The van der Waals surface area contributed by atoms with E-state index in [4.69, 9.17) is 9.47 Å². The summed E-state index contributed by atoms with van der Waals surface area (Å²) < 4.78 is 11.2. The molecule has 20 heavy (non-hydrogen) atoms. The minimum atomic E-state index is -0.0498. The van der Waals surface area contributed by atoms with Crippen molar-refractivity contribution in [2.45, 2.75) is 13.3 Å². The summed E-state index contributed by atoms with van der Waals surface area (Å²) in [6.45, 7) is 3.15. The number of ether oxygens (including phenoxy) is 2. The summed E-state index contributed by atoms with van der Waals surface area (Å²) in [5.74, 6) is 1.28. The summed E-state index contributed by atoms with van der Waals surface area (Å²) >= 11 is 0. The van der Waals surface area contributed by atoms with Crippen LogP contribution in [0.4, 0.5) is 0 Å². The maximum atomic E-state index is 12.5. The van der Waals surface area contributed by atoms with E-state index in [2.05, 4.69) is 4.98 Å². The second-order valence-electron chi connectivity index (χ2n) is 4.73. The van der Waals surface area contributed by atoms with Crippen molar-refractivity contribution in [1.29, 1.82) is 0 Å². The molecule has 0 atom stereocenters. The largest absolute Gasteiger partial charge is 0.490 e. The number of fused-ring (bicyclic) bond motifs is 1. The zero-order chi connectivity index (χ0) is 13.9. The van der Waals surface area contributed by atoms with Gasteiger partial charge in [0.05, 0.1) is 13.2 Å². The van der Waals surface area contributed by atoms with Gasteiger partial charge in [-0.25, -0.2) is 0 Å². The van der Waals surface area contributed by atoms with Crippen molar-refractivity contribution in [3.05, 3.63) is 53.3 Å². The van der Waals surface area contributed by atoms with Gasteiger partial charge in [0.15, 0.2) is 17.3 Å². The normalized spacial score (nSPS) is 13.7. The first-order valence-corrected chi connectivity index (χ1v) is 6.60. The Morgan fingerprint density at radius 1 is 1.15 bits per heavy atom. The molecule has 0 bridgehead atoms. The number of carbonyl (C=O) groups excluding carboxylic acids is 1. The maximum absolute atomic E-state index is 12.5. The third-order valence-electron chi connectivity index (χ3n) is 3.29. The standard InChI is InChI=1S/C16H15NO3/c1-11-5-6-17-10-13(11)16(18)12-3-4-14-15(9-12)20-8-2-7-19-14/h3-6,9-10H,2,7-8H2,1H3. The molecule has 0 saturated heterocycles. The Morgan fingerprint density at radius 2 is 1.95 bits per heavy atom. The van der Waals surface area contributed by atoms with Crippen molar-refractivity contribution >= 4 is 5.78 Å². The molecule has 1 aliphatic rings. The fourth-order valence-electron chi connectivity index (χ4n) is 2.16. The molecular weight excluding hydrogens is 254 g/mol. The average Bonchev–Trinajstić information content (AvgIpc) is 2.71. The van der Waals surface area contributed by atoms with E-state index in [1.165, 1.54) is 0 Å². The van der Waals surface area contributed by atoms with Crippen LogP contribution in [-0.2, 0) is 0 Å². The number of nitrogens with zero attached hydrogens (tertiary/aromatic N) is 1. The van der Waals surface area contributed by atoms with E-state index in [-0.39, 0.29) is 5.78 Å². The zero-order valence-electron chi connectivity index (χ0n) is 11.3. The molecule has 4 heteroatoms. The molecule has 102 valence electrons. The number of pyridine rings is 1. The molecule has 0 amide bonds. The van der Waals surface area contributed by atoms with Gasteiger partial charge in [-0.15, -0.1) is 0 Å². The van der Waals surface area contributed by atoms with Crippen molar-refractivity contribution in [2.24, 2.45) is 0 Å². The third kappa shape index (κ3) is 2.37. The van der Waals surface area contributed by atoms with Crippen LogP contribution in [0.3, 0.4) is 0 Å². The lowest BCUT2D eigenvalue weighted by atomic mass is 10.0. The monoisotopic (exact) mass is 269 g/mol. The Balaban J connectivity index is 1.97. The summed E-state index contributed by atoms with van der Waals surface area (Å²) in [5, 5.41) is 0. The highest BCUT2D eigenvalue weighted by Gasteiger charge is 2.16. The maximum Gasteiger partial charge on any atom is 0.194 e. The molecule has 3 rings (SSSR count). The van der Waals surface area contributed by atoms with Crippen molar-refractivity contribution in [2.75, 3.05) is 13.2 Å². The summed E-state index contributed by atoms with van der Waals surface area (Å²) in [6.07, 6.45) is 4.13. The predicted octanol–water partition coefficient (Wildman–Crippen LogP) is 2.78. The lowest BCUT2D eigenvalue weighted by Crippen LogP contribution is -2.05. The van der Waals surface area contributed by atoms with Crippen LogP contribution >= 0.6 is 0 Å². The number of rotatable bonds is 2. The molecule has 1 aromatic carbocycles. The lowest BCUT2D eigenvalue weighted by Gasteiger charge is -2.09. The van der Waals surface area contributed by atoms with Gasteiger partial charge in [-0.05, 0) is 36.8 Å². The van der Waals surface area contributed by atoms with Gasteiger partial charge in [0.2, 0.25) is 0 Å². The Kier molecular flexibility index (Phi) is 3.37. The SMILES string of the molecule is Cc1ccncc1C(=O)c1ccc2c(c1)OCCCO2. The van der Waals surface area contributed by atoms with Crippen LogP contribution in [-0.4, -0.2) is 24.0 Å². The fourth-order valence-corrected chi connectivity index (χ4v) is 2.16. The van der Waals surface area contributed by atoms with E-state index in [0.717, 1.165) is 12.0 Å². The smallest absolute Gasteiger partial charge is 0.194 e. The van der Waals surface area contributed by atoms with Gasteiger partial charge in [-0.2, -0.15) is 0 Å². The Labute approximate surface area is 117 Å². The van der Waals surface area contributed by atoms with Crippen molar-refractivity contribution in [3.63, 3.8) is 0 Å². The number of hydrogen-bond donors (Lipinski definition) is 0. The lowest BCUT2D eigenvalue weighted by molar-refractivity contribution is 0.103. The van der Waals surface area contributed by atoms with Gasteiger partial charge in [-0.1, -0.05) is 0 Å². The van der Waals surface area contributed by atoms with Crippen molar-refractivity contribution < 1.29 is 14.3 Å². The molecule has 1 aromatic heterocycles. The van der Waals surface area contributed by atoms with Crippen LogP contribution in [0, 0.1) is 6.92 Å². The predicted molar refractivity (Wildman–Crippen MR) is 74.5 cm³/mol. The van der Waals surface area contributed by atoms with Crippen LogP contribution in [0.1, 0.15) is 27.9 Å². The van der Waals surface area contributed by atoms with Crippen LogP contribution in [0.25, 0.3) is 0 Å².